The third-order valence-electron chi connectivity index (χ3n) is 5.07. The number of aryl methyl sites for hydroxylation is 1. The van der Waals surface area contributed by atoms with Gasteiger partial charge in [0.1, 0.15) is 12.6 Å². The molecule has 0 saturated carbocycles. The van der Waals surface area contributed by atoms with Gasteiger partial charge in [-0.3, -0.25) is 19.3 Å². The predicted octanol–water partition coefficient (Wildman–Crippen LogP) is 2.32. The van der Waals surface area contributed by atoms with Gasteiger partial charge in [-0.2, -0.15) is 12.6 Å². The number of rotatable bonds is 7. The van der Waals surface area contributed by atoms with Crippen LogP contribution in [0.5, 0.6) is 0 Å². The van der Waals surface area contributed by atoms with Crippen LogP contribution in [0.1, 0.15) is 17.5 Å². The number of benzene rings is 2. The molecule has 0 aliphatic carbocycles. The molecule has 0 fully saturated rings. The smallest absolute Gasteiger partial charge is 0.323 e. The zero-order valence-corrected chi connectivity index (χ0v) is 16.8. The van der Waals surface area contributed by atoms with E-state index in [0.29, 0.717) is 30.7 Å². The Morgan fingerprint density at radius 3 is 2.52 bits per heavy atom. The molecule has 6 nitrogen and oxygen atoms in total. The first-order valence-corrected chi connectivity index (χ1v) is 10.2. The molecule has 0 radical (unpaired) electrons. The topological polar surface area (TPSA) is 86.7 Å². The number of hydrogen-bond acceptors (Lipinski definition) is 4. The normalized spacial score (nSPS) is 17.2. The van der Waals surface area contributed by atoms with Crippen LogP contribution in [0, 0.1) is 5.92 Å². The number of aliphatic carboxylic acids is 1. The lowest BCUT2D eigenvalue weighted by atomic mass is 9.99. The fourth-order valence-corrected chi connectivity index (χ4v) is 3.87. The Morgan fingerprint density at radius 1 is 1.14 bits per heavy atom. The van der Waals surface area contributed by atoms with Crippen molar-refractivity contribution in [1.82, 2.24) is 5.32 Å². The van der Waals surface area contributed by atoms with E-state index in [1.807, 2.05) is 42.5 Å². The lowest BCUT2D eigenvalue weighted by molar-refractivity contribution is -0.137. The molecule has 3 rings (SSSR count). The van der Waals surface area contributed by atoms with Crippen LogP contribution in [0.25, 0.3) is 0 Å². The summed E-state index contributed by atoms with van der Waals surface area (Å²) in [5.41, 5.74) is 2.51. The first kappa shape index (κ1) is 20.9. The van der Waals surface area contributed by atoms with Crippen LogP contribution in [-0.4, -0.2) is 41.2 Å². The van der Waals surface area contributed by atoms with Crippen molar-refractivity contribution in [3.05, 3.63) is 65.7 Å². The van der Waals surface area contributed by atoms with Crippen LogP contribution in [0.15, 0.2) is 54.6 Å². The summed E-state index contributed by atoms with van der Waals surface area (Å²) in [6.45, 7) is -0.442. The zero-order valence-electron chi connectivity index (χ0n) is 16.0. The minimum absolute atomic E-state index is 0.247. The van der Waals surface area contributed by atoms with E-state index in [0.717, 1.165) is 11.1 Å². The molecule has 2 aromatic rings. The van der Waals surface area contributed by atoms with Crippen molar-refractivity contribution in [2.45, 2.75) is 25.3 Å². The van der Waals surface area contributed by atoms with Crippen LogP contribution < -0.4 is 10.2 Å². The van der Waals surface area contributed by atoms with Crippen molar-refractivity contribution in [1.29, 1.82) is 0 Å². The lowest BCUT2D eigenvalue weighted by Gasteiger charge is -2.26. The number of hydrogen-bond donors (Lipinski definition) is 3. The fourth-order valence-electron chi connectivity index (χ4n) is 3.58. The minimum atomic E-state index is -1.10. The highest BCUT2D eigenvalue weighted by molar-refractivity contribution is 7.80. The van der Waals surface area contributed by atoms with E-state index in [1.165, 1.54) is 4.90 Å². The van der Waals surface area contributed by atoms with E-state index in [2.05, 4.69) is 17.9 Å². The van der Waals surface area contributed by atoms with Gasteiger partial charge in [-0.05, 0) is 36.5 Å². The molecule has 2 N–H and O–H groups in total. The first-order chi connectivity index (χ1) is 14.0. The largest absolute Gasteiger partial charge is 0.480 e. The number of carbonyl (C=O) groups is 3. The van der Waals surface area contributed by atoms with Crippen LogP contribution in [0.4, 0.5) is 5.69 Å². The Kier molecular flexibility index (Phi) is 6.93. The molecule has 2 atom stereocenters. The maximum atomic E-state index is 13.1. The third-order valence-corrected chi connectivity index (χ3v) is 5.52. The summed E-state index contributed by atoms with van der Waals surface area (Å²) in [6.07, 6.45) is 1.52. The second kappa shape index (κ2) is 9.60. The van der Waals surface area contributed by atoms with Gasteiger partial charge in [0.25, 0.3) is 0 Å². The molecule has 1 aliphatic rings. The van der Waals surface area contributed by atoms with Crippen molar-refractivity contribution in [3.8, 4) is 0 Å². The number of carbonyl (C=O) groups excluding carboxylic acids is 2. The van der Waals surface area contributed by atoms with Crippen molar-refractivity contribution < 1.29 is 19.5 Å². The molecule has 1 heterocycles. The number of anilines is 1. The van der Waals surface area contributed by atoms with E-state index in [-0.39, 0.29) is 11.8 Å². The Hall–Kier alpha value is -2.80. The second-order valence-electron chi connectivity index (χ2n) is 7.12. The molecular weight excluding hydrogens is 388 g/mol. The first-order valence-electron chi connectivity index (χ1n) is 9.56. The molecule has 0 spiro atoms. The highest BCUT2D eigenvalue weighted by Gasteiger charge is 2.33. The Labute approximate surface area is 175 Å². The minimum Gasteiger partial charge on any atom is -0.480 e. The quantitative estimate of drug-likeness (QED) is 0.609. The predicted molar refractivity (Wildman–Crippen MR) is 114 cm³/mol. The second-order valence-corrected chi connectivity index (χ2v) is 7.48. The van der Waals surface area contributed by atoms with Gasteiger partial charge in [0.2, 0.25) is 11.8 Å². The lowest BCUT2D eigenvalue weighted by Crippen LogP contribution is -2.51. The number of carboxylic acids is 1. The molecule has 0 aromatic heterocycles. The number of amides is 2. The van der Waals surface area contributed by atoms with Crippen LogP contribution in [0.3, 0.4) is 0 Å². The highest BCUT2D eigenvalue weighted by atomic mass is 32.1. The number of nitrogens with zero attached hydrogens (tertiary/aromatic N) is 1. The molecule has 2 amide bonds. The highest BCUT2D eigenvalue weighted by Crippen LogP contribution is 2.27. The van der Waals surface area contributed by atoms with Crippen LogP contribution in [-0.2, 0) is 27.2 Å². The fraction of sp³-hybridized carbons (Fsp3) is 0.318. The van der Waals surface area contributed by atoms with Gasteiger partial charge in [-0.25, -0.2) is 0 Å². The average Bonchev–Trinajstić information content (AvgIpc) is 2.85. The van der Waals surface area contributed by atoms with Gasteiger partial charge in [-0.1, -0.05) is 48.5 Å². The van der Waals surface area contributed by atoms with Gasteiger partial charge in [-0.15, -0.1) is 0 Å². The molecule has 2 unspecified atom stereocenters. The maximum Gasteiger partial charge on any atom is 0.323 e. The Balaban J connectivity index is 1.76. The number of fused-ring (bicyclic) bond motifs is 1. The third kappa shape index (κ3) is 5.17. The van der Waals surface area contributed by atoms with Gasteiger partial charge >= 0.3 is 5.97 Å². The van der Waals surface area contributed by atoms with E-state index in [4.69, 9.17) is 0 Å². The summed E-state index contributed by atoms with van der Waals surface area (Å²) in [4.78, 5) is 38.5. The number of carboxylic acid groups (broad SMARTS) is 1. The molecule has 152 valence electrons. The number of thiol groups is 1. The van der Waals surface area contributed by atoms with E-state index in [9.17, 15) is 19.5 Å². The van der Waals surface area contributed by atoms with E-state index < -0.39 is 24.5 Å². The molecule has 2 aromatic carbocycles. The van der Waals surface area contributed by atoms with Gasteiger partial charge in [0.05, 0.1) is 5.92 Å². The van der Waals surface area contributed by atoms with E-state index in [1.54, 1.807) is 12.1 Å². The van der Waals surface area contributed by atoms with E-state index >= 15 is 0 Å². The Bertz CT molecular complexity index is 887. The van der Waals surface area contributed by atoms with Crippen LogP contribution in [0.2, 0.25) is 0 Å². The van der Waals surface area contributed by atoms with Crippen molar-refractivity contribution in [2.24, 2.45) is 5.92 Å². The summed E-state index contributed by atoms with van der Waals surface area (Å²) in [7, 11) is 0. The van der Waals surface area contributed by atoms with Crippen LogP contribution >= 0.6 is 12.6 Å². The SMILES string of the molecule is O=C(O)CN1C(=O)C(NC(=O)C(CS)Cc2ccccc2)CCc2ccccc21. The maximum absolute atomic E-state index is 13.1. The zero-order chi connectivity index (χ0) is 20.8. The molecular formula is C22H24N2O4S. The van der Waals surface area contributed by atoms with Crippen molar-refractivity contribution in [3.63, 3.8) is 0 Å². The average molecular weight is 413 g/mol. The monoisotopic (exact) mass is 412 g/mol. The molecule has 1 aliphatic heterocycles. The van der Waals surface area contributed by atoms with Gasteiger partial charge < -0.3 is 10.4 Å². The van der Waals surface area contributed by atoms with Gasteiger partial charge in [0, 0.05) is 11.4 Å². The number of nitrogens with one attached hydrogen (secondary N) is 1. The van der Waals surface area contributed by atoms with Gasteiger partial charge in [0.15, 0.2) is 0 Å². The summed E-state index contributed by atoms with van der Waals surface area (Å²) in [5, 5.41) is 12.1. The standard InChI is InChI=1S/C22H24N2O4S/c25-20(26)13-24-19-9-5-4-8-16(19)10-11-18(22(24)28)23-21(27)17(14-29)12-15-6-2-1-3-7-15/h1-9,17-18,29H,10-14H2,(H,23,27)(H,25,26). The molecule has 0 saturated heterocycles. The molecule has 0 bridgehead atoms. The molecule has 29 heavy (non-hydrogen) atoms. The summed E-state index contributed by atoms with van der Waals surface area (Å²) < 4.78 is 0. The Morgan fingerprint density at radius 2 is 1.83 bits per heavy atom. The summed E-state index contributed by atoms with van der Waals surface area (Å²) >= 11 is 4.32. The van der Waals surface area contributed by atoms with Crippen molar-refractivity contribution in [2.75, 3.05) is 17.2 Å². The summed E-state index contributed by atoms with van der Waals surface area (Å²) in [5.74, 6) is -1.78. The number of para-hydroxylation sites is 1. The summed E-state index contributed by atoms with van der Waals surface area (Å²) in [6, 6.07) is 16.1. The van der Waals surface area contributed by atoms with Crippen molar-refractivity contribution >= 4 is 36.1 Å². The molecule has 7 heteroatoms.